The van der Waals surface area contributed by atoms with Crippen LogP contribution in [0.4, 0.5) is 0 Å². The van der Waals surface area contributed by atoms with Gasteiger partial charge >= 0.3 is 0 Å². The molecule has 0 amide bonds. The number of hydrogen-bond acceptors (Lipinski definition) is 4. The molecule has 1 heterocycles. The minimum absolute atomic E-state index is 0.285. The first-order valence-corrected chi connectivity index (χ1v) is 8.17. The smallest absolute Gasteiger partial charge is 0.162 e. The third kappa shape index (κ3) is 4.11. The van der Waals surface area contributed by atoms with Gasteiger partial charge in [0.1, 0.15) is 0 Å². The maximum absolute atomic E-state index is 10.6. The number of phenols is 1. The van der Waals surface area contributed by atoms with Crippen LogP contribution in [0, 0.1) is 0 Å². The molecule has 0 bridgehead atoms. The Morgan fingerprint density at radius 3 is 2.71 bits per heavy atom. The fourth-order valence-electron chi connectivity index (χ4n) is 3.01. The van der Waals surface area contributed by atoms with E-state index in [1.54, 1.807) is 0 Å². The third-order valence-electron chi connectivity index (χ3n) is 4.11. The van der Waals surface area contributed by atoms with Crippen molar-refractivity contribution in [1.29, 1.82) is 0 Å². The van der Waals surface area contributed by atoms with Gasteiger partial charge in [-0.05, 0) is 19.4 Å². The van der Waals surface area contributed by atoms with Gasteiger partial charge in [-0.25, -0.2) is 0 Å². The highest BCUT2D eigenvalue weighted by Gasteiger charge is 2.25. The molecule has 1 saturated heterocycles. The lowest BCUT2D eigenvalue weighted by molar-refractivity contribution is 0.160. The number of para-hydroxylation sites is 1. The van der Waals surface area contributed by atoms with Gasteiger partial charge in [-0.1, -0.05) is 31.9 Å². The van der Waals surface area contributed by atoms with Crippen LogP contribution in [0.3, 0.4) is 0 Å². The number of unbranched alkanes of at least 4 members (excludes halogenated alkanes) is 1. The Morgan fingerprint density at radius 2 is 2.05 bits per heavy atom. The molecule has 0 aliphatic carbocycles. The van der Waals surface area contributed by atoms with Crippen molar-refractivity contribution >= 4 is 0 Å². The van der Waals surface area contributed by atoms with E-state index >= 15 is 0 Å². The number of nitrogens with zero attached hydrogens (tertiary/aromatic N) is 1. The minimum atomic E-state index is 0.285. The number of benzene rings is 1. The second-order valence-electron chi connectivity index (χ2n) is 5.57. The maximum atomic E-state index is 10.6. The number of piperazine rings is 1. The summed E-state index contributed by atoms with van der Waals surface area (Å²) in [4.78, 5) is 2.48. The predicted octanol–water partition coefficient (Wildman–Crippen LogP) is 2.93. The number of hydrogen-bond donors (Lipinski definition) is 2. The molecule has 2 N–H and O–H groups in total. The highest BCUT2D eigenvalue weighted by Crippen LogP contribution is 2.38. The van der Waals surface area contributed by atoms with Crippen LogP contribution in [0.2, 0.25) is 0 Å². The van der Waals surface area contributed by atoms with Crippen molar-refractivity contribution in [1.82, 2.24) is 10.2 Å². The quantitative estimate of drug-likeness (QED) is 0.811. The average Bonchev–Trinajstić information content (AvgIpc) is 2.52. The molecule has 2 rings (SSSR count). The highest BCUT2D eigenvalue weighted by molar-refractivity contribution is 5.47. The molecule has 0 saturated carbocycles. The van der Waals surface area contributed by atoms with Gasteiger partial charge in [0.15, 0.2) is 11.5 Å². The molecule has 0 aromatic heterocycles. The molecule has 0 unspecified atom stereocenters. The Kier molecular flexibility index (Phi) is 6.33. The summed E-state index contributed by atoms with van der Waals surface area (Å²) in [7, 11) is 0. The zero-order valence-electron chi connectivity index (χ0n) is 13.3. The van der Waals surface area contributed by atoms with Gasteiger partial charge in [0.2, 0.25) is 0 Å². The number of aromatic hydroxyl groups is 1. The largest absolute Gasteiger partial charge is 0.504 e. The number of ether oxygens (including phenoxy) is 1. The molecule has 0 radical (unpaired) electrons. The van der Waals surface area contributed by atoms with Gasteiger partial charge in [0.25, 0.3) is 0 Å². The lowest BCUT2D eigenvalue weighted by Crippen LogP contribution is -2.45. The fourth-order valence-corrected chi connectivity index (χ4v) is 3.01. The van der Waals surface area contributed by atoms with Crippen LogP contribution < -0.4 is 10.1 Å². The summed E-state index contributed by atoms with van der Waals surface area (Å²) in [5.74, 6) is 0.922. The van der Waals surface area contributed by atoms with Gasteiger partial charge in [-0.2, -0.15) is 0 Å². The molecule has 118 valence electrons. The topological polar surface area (TPSA) is 44.7 Å². The summed E-state index contributed by atoms with van der Waals surface area (Å²) >= 11 is 0. The van der Waals surface area contributed by atoms with Gasteiger partial charge in [-0.3, -0.25) is 4.90 Å². The van der Waals surface area contributed by atoms with Crippen molar-refractivity contribution in [2.45, 2.75) is 39.2 Å². The van der Waals surface area contributed by atoms with E-state index in [0.717, 1.165) is 38.2 Å². The van der Waals surface area contributed by atoms with Gasteiger partial charge in [-0.15, -0.1) is 0 Å². The third-order valence-corrected chi connectivity index (χ3v) is 4.11. The molecule has 0 spiro atoms. The van der Waals surface area contributed by atoms with Crippen molar-refractivity contribution in [3.05, 3.63) is 23.8 Å². The van der Waals surface area contributed by atoms with Crippen molar-refractivity contribution < 1.29 is 9.84 Å². The summed E-state index contributed by atoms with van der Waals surface area (Å²) < 4.78 is 5.54. The van der Waals surface area contributed by atoms with E-state index in [1.165, 1.54) is 12.8 Å². The standard InChI is InChI=1S/C17H28N2O2/c1-3-5-8-15(19-12-10-18-11-13-19)14-7-6-9-16(17(14)20)21-4-2/h6-7,9,15,18,20H,3-5,8,10-13H2,1-2H3/t15-/m0/s1. The molecule has 1 aliphatic rings. The monoisotopic (exact) mass is 292 g/mol. The molecule has 1 atom stereocenters. The minimum Gasteiger partial charge on any atom is -0.504 e. The second kappa shape index (κ2) is 8.25. The maximum Gasteiger partial charge on any atom is 0.162 e. The summed E-state index contributed by atoms with van der Waals surface area (Å²) in [6.07, 6.45) is 3.43. The second-order valence-corrected chi connectivity index (χ2v) is 5.57. The van der Waals surface area contributed by atoms with Gasteiger partial charge in [0, 0.05) is 37.8 Å². The van der Waals surface area contributed by atoms with Crippen molar-refractivity contribution in [2.75, 3.05) is 32.8 Å². The van der Waals surface area contributed by atoms with Gasteiger partial charge < -0.3 is 15.2 Å². The SMILES string of the molecule is CCCC[C@@H](c1cccc(OCC)c1O)N1CCNCC1. The van der Waals surface area contributed by atoms with Crippen LogP contribution in [0.5, 0.6) is 11.5 Å². The Morgan fingerprint density at radius 1 is 1.29 bits per heavy atom. The lowest BCUT2D eigenvalue weighted by atomic mass is 9.97. The molecule has 1 aliphatic heterocycles. The molecule has 4 nitrogen and oxygen atoms in total. The first-order valence-electron chi connectivity index (χ1n) is 8.17. The Bertz CT molecular complexity index is 431. The van der Waals surface area contributed by atoms with E-state index in [4.69, 9.17) is 4.74 Å². The van der Waals surface area contributed by atoms with Crippen LogP contribution in [-0.2, 0) is 0 Å². The van der Waals surface area contributed by atoms with Crippen LogP contribution in [0.1, 0.15) is 44.7 Å². The molecule has 4 heteroatoms. The zero-order chi connectivity index (χ0) is 15.1. The van der Waals surface area contributed by atoms with E-state index in [1.807, 2.05) is 25.1 Å². The first-order chi connectivity index (χ1) is 10.3. The Labute approximate surface area is 128 Å². The van der Waals surface area contributed by atoms with Crippen LogP contribution in [0.25, 0.3) is 0 Å². The molecular weight excluding hydrogens is 264 g/mol. The van der Waals surface area contributed by atoms with Crippen LogP contribution in [0.15, 0.2) is 18.2 Å². The van der Waals surface area contributed by atoms with E-state index in [2.05, 4.69) is 17.1 Å². The number of nitrogens with one attached hydrogen (secondary N) is 1. The number of phenolic OH excluding ortho intramolecular Hbond substituents is 1. The Hall–Kier alpha value is -1.26. The van der Waals surface area contributed by atoms with Gasteiger partial charge in [0.05, 0.1) is 6.61 Å². The van der Waals surface area contributed by atoms with E-state index < -0.39 is 0 Å². The average molecular weight is 292 g/mol. The van der Waals surface area contributed by atoms with Crippen LogP contribution in [-0.4, -0.2) is 42.8 Å². The van der Waals surface area contributed by atoms with E-state index in [-0.39, 0.29) is 6.04 Å². The molecule has 21 heavy (non-hydrogen) atoms. The molecule has 1 fully saturated rings. The van der Waals surface area contributed by atoms with Crippen molar-refractivity contribution in [2.24, 2.45) is 0 Å². The predicted molar refractivity (Wildman–Crippen MR) is 86.0 cm³/mol. The zero-order valence-corrected chi connectivity index (χ0v) is 13.3. The lowest BCUT2D eigenvalue weighted by Gasteiger charge is -2.35. The molecule has 1 aromatic rings. The summed E-state index contributed by atoms with van der Waals surface area (Å²) in [6, 6.07) is 6.16. The van der Waals surface area contributed by atoms with E-state index in [9.17, 15) is 5.11 Å². The normalized spacial score (nSPS) is 17.6. The van der Waals surface area contributed by atoms with Crippen molar-refractivity contribution in [3.63, 3.8) is 0 Å². The molecule has 1 aromatic carbocycles. The molecular formula is C17H28N2O2. The highest BCUT2D eigenvalue weighted by atomic mass is 16.5. The van der Waals surface area contributed by atoms with E-state index in [0.29, 0.717) is 18.1 Å². The van der Waals surface area contributed by atoms with Crippen molar-refractivity contribution in [3.8, 4) is 11.5 Å². The van der Waals surface area contributed by atoms with Crippen LogP contribution >= 0.6 is 0 Å². The first kappa shape index (κ1) is 16.1. The fraction of sp³-hybridized carbons (Fsp3) is 0.647. The number of rotatable bonds is 7. The summed E-state index contributed by atoms with van der Waals surface area (Å²) in [5.41, 5.74) is 1.01. The Balaban J connectivity index is 2.24. The summed E-state index contributed by atoms with van der Waals surface area (Å²) in [6.45, 7) is 8.84. The summed E-state index contributed by atoms with van der Waals surface area (Å²) in [5, 5.41) is 13.9.